The summed E-state index contributed by atoms with van der Waals surface area (Å²) in [7, 11) is 0. The van der Waals surface area contributed by atoms with Crippen LogP contribution >= 0.6 is 0 Å². The summed E-state index contributed by atoms with van der Waals surface area (Å²) in [6, 6.07) is 10.5. The number of hydrogen-bond acceptors (Lipinski definition) is 2. The molecule has 1 N–H and O–H groups in total. The zero-order valence-electron chi connectivity index (χ0n) is 13.9. The highest BCUT2D eigenvalue weighted by molar-refractivity contribution is 5.75. The van der Waals surface area contributed by atoms with Gasteiger partial charge in [0.05, 0.1) is 0 Å². The molecule has 4 nitrogen and oxygen atoms in total. The first-order valence-corrected chi connectivity index (χ1v) is 7.93. The molecule has 0 radical (unpaired) electrons. The Morgan fingerprint density at radius 2 is 1.77 bits per heavy atom. The number of rotatable bonds is 3. The molecule has 1 heterocycles. The van der Waals surface area contributed by atoms with Gasteiger partial charge in [-0.2, -0.15) is 0 Å². The van der Waals surface area contributed by atoms with Crippen molar-refractivity contribution < 1.29 is 4.79 Å². The summed E-state index contributed by atoms with van der Waals surface area (Å²) in [6.07, 6.45) is 3.77. The number of carbonyl (C=O) groups is 1. The molecule has 2 amide bonds. The Hall–Kier alpha value is -1.81. The van der Waals surface area contributed by atoms with E-state index >= 15 is 0 Å². The van der Waals surface area contributed by atoms with Crippen molar-refractivity contribution in [3.63, 3.8) is 0 Å². The van der Waals surface area contributed by atoms with Crippen LogP contribution < -0.4 is 5.32 Å². The van der Waals surface area contributed by atoms with Gasteiger partial charge in [0.1, 0.15) is 0 Å². The summed E-state index contributed by atoms with van der Waals surface area (Å²) in [6.45, 7) is 10.7. The van der Waals surface area contributed by atoms with Gasteiger partial charge in [-0.15, -0.1) is 0 Å². The fourth-order valence-electron chi connectivity index (χ4n) is 2.40. The summed E-state index contributed by atoms with van der Waals surface area (Å²) < 4.78 is 0. The molecule has 120 valence electrons. The van der Waals surface area contributed by atoms with Gasteiger partial charge in [-0.3, -0.25) is 4.90 Å². The van der Waals surface area contributed by atoms with E-state index in [2.05, 4.69) is 55.3 Å². The van der Waals surface area contributed by atoms with Crippen LogP contribution in [0.3, 0.4) is 0 Å². The largest absolute Gasteiger partial charge is 0.322 e. The minimum absolute atomic E-state index is 0.000129. The molecule has 0 atom stereocenters. The van der Waals surface area contributed by atoms with Crippen LogP contribution in [-0.4, -0.2) is 42.0 Å². The molecule has 1 aromatic carbocycles. The van der Waals surface area contributed by atoms with E-state index in [1.165, 1.54) is 5.56 Å². The highest BCUT2D eigenvalue weighted by Gasteiger charge is 2.20. The first kappa shape index (κ1) is 16.6. The maximum absolute atomic E-state index is 12.1. The minimum Gasteiger partial charge on any atom is -0.322 e. The predicted octanol–water partition coefficient (Wildman–Crippen LogP) is 3.07. The van der Waals surface area contributed by atoms with E-state index < -0.39 is 0 Å². The van der Waals surface area contributed by atoms with Crippen LogP contribution in [0.2, 0.25) is 0 Å². The average Bonchev–Trinajstić information content (AvgIpc) is 2.47. The van der Waals surface area contributed by atoms with E-state index in [9.17, 15) is 4.79 Å². The molecule has 1 aliphatic heterocycles. The molecule has 22 heavy (non-hydrogen) atoms. The van der Waals surface area contributed by atoms with E-state index in [4.69, 9.17) is 0 Å². The highest BCUT2D eigenvalue weighted by Crippen LogP contribution is 2.13. The maximum Gasteiger partial charge on any atom is 0.321 e. The smallest absolute Gasteiger partial charge is 0.321 e. The monoisotopic (exact) mass is 301 g/mol. The molecule has 1 saturated heterocycles. The fraction of sp³-hybridized carbons (Fsp3) is 0.500. The van der Waals surface area contributed by atoms with Crippen molar-refractivity contribution in [3.8, 4) is 0 Å². The molecular formula is C18H27N3O. The van der Waals surface area contributed by atoms with Crippen molar-refractivity contribution in [1.29, 1.82) is 0 Å². The third-order valence-corrected chi connectivity index (χ3v) is 3.70. The first-order valence-electron chi connectivity index (χ1n) is 7.93. The molecule has 4 heteroatoms. The van der Waals surface area contributed by atoms with Crippen LogP contribution in [0.4, 0.5) is 4.79 Å². The molecule has 2 rings (SSSR count). The summed E-state index contributed by atoms with van der Waals surface area (Å²) in [5.41, 5.74) is 1.41. The Balaban J connectivity index is 1.75. The number of hydrogen-bond donors (Lipinski definition) is 1. The van der Waals surface area contributed by atoms with Crippen LogP contribution in [0.25, 0.3) is 0 Å². The molecular weight excluding hydrogens is 274 g/mol. The van der Waals surface area contributed by atoms with E-state index in [0.29, 0.717) is 0 Å². The maximum atomic E-state index is 12.1. The number of urea groups is 1. The van der Waals surface area contributed by atoms with Crippen molar-refractivity contribution in [2.45, 2.75) is 27.3 Å². The number of nitrogens with zero attached hydrogens (tertiary/aromatic N) is 2. The van der Waals surface area contributed by atoms with Gasteiger partial charge in [-0.05, 0) is 11.0 Å². The van der Waals surface area contributed by atoms with Gasteiger partial charge in [0.2, 0.25) is 0 Å². The van der Waals surface area contributed by atoms with Gasteiger partial charge in [0, 0.05) is 38.9 Å². The van der Waals surface area contributed by atoms with E-state index in [1.54, 1.807) is 6.20 Å². The summed E-state index contributed by atoms with van der Waals surface area (Å²) in [5.74, 6) is 0. The normalized spacial score (nSPS) is 17.0. The van der Waals surface area contributed by atoms with Crippen LogP contribution in [0.1, 0.15) is 26.3 Å². The fourth-order valence-corrected chi connectivity index (χ4v) is 2.40. The Kier molecular flexibility index (Phi) is 5.61. The lowest BCUT2D eigenvalue weighted by Crippen LogP contribution is -2.50. The zero-order chi connectivity index (χ0) is 16.0. The third-order valence-electron chi connectivity index (χ3n) is 3.70. The number of piperazine rings is 1. The van der Waals surface area contributed by atoms with Crippen LogP contribution in [0, 0.1) is 5.41 Å². The second-order valence-electron chi connectivity index (χ2n) is 6.90. The lowest BCUT2D eigenvalue weighted by atomic mass is 9.97. The summed E-state index contributed by atoms with van der Waals surface area (Å²) in [4.78, 5) is 16.4. The lowest BCUT2D eigenvalue weighted by Gasteiger charge is -2.34. The number of amides is 2. The van der Waals surface area contributed by atoms with Gasteiger partial charge < -0.3 is 10.2 Å². The van der Waals surface area contributed by atoms with Crippen LogP contribution in [0.15, 0.2) is 42.6 Å². The van der Waals surface area contributed by atoms with Gasteiger partial charge in [0.25, 0.3) is 0 Å². The van der Waals surface area contributed by atoms with E-state index in [1.807, 2.05) is 17.0 Å². The Morgan fingerprint density at radius 1 is 1.14 bits per heavy atom. The molecule has 0 bridgehead atoms. The quantitative estimate of drug-likeness (QED) is 0.931. The number of allylic oxidation sites excluding steroid dienone is 1. The van der Waals surface area contributed by atoms with Crippen molar-refractivity contribution in [1.82, 2.24) is 15.1 Å². The number of benzene rings is 1. The first-order chi connectivity index (χ1) is 10.4. The molecule has 0 unspecified atom stereocenters. The molecule has 1 aliphatic rings. The van der Waals surface area contributed by atoms with Gasteiger partial charge in [0.15, 0.2) is 0 Å². The van der Waals surface area contributed by atoms with E-state index in [0.717, 1.165) is 32.7 Å². The van der Waals surface area contributed by atoms with E-state index in [-0.39, 0.29) is 11.4 Å². The van der Waals surface area contributed by atoms with Crippen molar-refractivity contribution in [2.24, 2.45) is 5.41 Å². The standard InChI is InChI=1S/C18H27N3O/c1-18(2,3)9-10-19-17(22)21-13-11-20(12-14-21)15-16-7-5-4-6-8-16/h4-10H,11-15H2,1-3H3,(H,19,22)/b10-9+. The van der Waals surface area contributed by atoms with Gasteiger partial charge in [-0.25, -0.2) is 4.79 Å². The molecule has 0 aromatic heterocycles. The zero-order valence-corrected chi connectivity index (χ0v) is 13.9. The number of carbonyl (C=O) groups excluding carboxylic acids is 1. The van der Waals surface area contributed by atoms with Crippen molar-refractivity contribution in [3.05, 3.63) is 48.2 Å². The van der Waals surface area contributed by atoms with Crippen molar-refractivity contribution >= 4 is 6.03 Å². The third kappa shape index (κ3) is 5.53. The molecule has 0 saturated carbocycles. The molecule has 0 aliphatic carbocycles. The Morgan fingerprint density at radius 3 is 2.36 bits per heavy atom. The van der Waals surface area contributed by atoms with Gasteiger partial charge in [-0.1, -0.05) is 57.2 Å². The topological polar surface area (TPSA) is 35.6 Å². The second kappa shape index (κ2) is 7.45. The average molecular weight is 301 g/mol. The lowest BCUT2D eigenvalue weighted by molar-refractivity contribution is 0.137. The highest BCUT2D eigenvalue weighted by atomic mass is 16.2. The number of nitrogens with one attached hydrogen (secondary N) is 1. The molecule has 1 fully saturated rings. The predicted molar refractivity (Wildman–Crippen MR) is 90.4 cm³/mol. The van der Waals surface area contributed by atoms with Crippen LogP contribution in [0.5, 0.6) is 0 Å². The molecule has 0 spiro atoms. The summed E-state index contributed by atoms with van der Waals surface area (Å²) in [5, 5.41) is 2.86. The van der Waals surface area contributed by atoms with Crippen LogP contribution in [-0.2, 0) is 6.54 Å². The minimum atomic E-state index is -0.000129. The molecule has 1 aromatic rings. The summed E-state index contributed by atoms with van der Waals surface area (Å²) >= 11 is 0. The van der Waals surface area contributed by atoms with Gasteiger partial charge >= 0.3 is 6.03 Å². The Labute approximate surface area is 133 Å². The SMILES string of the molecule is CC(C)(C)/C=C/NC(=O)N1CCN(Cc2ccccc2)CC1. The Bertz CT molecular complexity index is 497. The van der Waals surface area contributed by atoms with Crippen molar-refractivity contribution in [2.75, 3.05) is 26.2 Å². The second-order valence-corrected chi connectivity index (χ2v) is 6.90.